The third-order valence-electron chi connectivity index (χ3n) is 4.17. The van der Waals surface area contributed by atoms with Gasteiger partial charge in [-0.15, -0.1) is 23.2 Å². The van der Waals surface area contributed by atoms with Gasteiger partial charge >= 0.3 is 0 Å². The minimum atomic E-state index is -0.116. The van der Waals surface area contributed by atoms with Crippen molar-refractivity contribution in [1.29, 1.82) is 0 Å². The van der Waals surface area contributed by atoms with Crippen LogP contribution in [0, 0.1) is 0 Å². The molecule has 3 unspecified atom stereocenters. The van der Waals surface area contributed by atoms with Gasteiger partial charge in [0.25, 0.3) is 0 Å². The second-order valence-electron chi connectivity index (χ2n) is 6.07. The van der Waals surface area contributed by atoms with Gasteiger partial charge in [-0.1, -0.05) is 13.8 Å². The fraction of sp³-hybridized carbons (Fsp3) is 1.00. The molecule has 7 heteroatoms. The number of piperazine rings is 1. The Bertz CT molecular complexity index is 289. The molecule has 0 amide bonds. The molecule has 0 aromatic heterocycles. The van der Waals surface area contributed by atoms with Crippen molar-refractivity contribution in [2.24, 2.45) is 0 Å². The summed E-state index contributed by atoms with van der Waals surface area (Å²) in [6.45, 7) is 11.3. The van der Waals surface area contributed by atoms with E-state index >= 15 is 0 Å². The van der Waals surface area contributed by atoms with E-state index in [0.717, 1.165) is 52.2 Å². The van der Waals surface area contributed by atoms with Crippen LogP contribution in [-0.2, 0) is 0 Å². The maximum absolute atomic E-state index is 6.63. The molecule has 0 spiro atoms. The van der Waals surface area contributed by atoms with Gasteiger partial charge in [-0.2, -0.15) is 0 Å². The van der Waals surface area contributed by atoms with Crippen LogP contribution in [0.5, 0.6) is 0 Å². The van der Waals surface area contributed by atoms with Crippen LogP contribution in [0.4, 0.5) is 0 Å². The molecule has 2 N–H and O–H groups in total. The summed E-state index contributed by atoms with van der Waals surface area (Å²) in [6.07, 6.45) is 1.18. The molecule has 1 saturated heterocycles. The molecule has 0 aromatic rings. The second kappa shape index (κ2) is 11.0. The Morgan fingerprint density at radius 3 is 2.45 bits per heavy atom. The van der Waals surface area contributed by atoms with Crippen molar-refractivity contribution in [2.45, 2.75) is 37.4 Å². The molecule has 22 heavy (non-hydrogen) atoms. The number of hydrogen-bond acceptors (Lipinski definition) is 5. The smallest absolute Gasteiger partial charge is 0.115 e. The fourth-order valence-corrected chi connectivity index (χ4v) is 3.46. The molecule has 5 nitrogen and oxygen atoms in total. The minimum absolute atomic E-state index is 0.0360. The molecular formula is C15H33Cl2N5. The number of alkyl halides is 2. The molecule has 1 aliphatic heterocycles. The van der Waals surface area contributed by atoms with Gasteiger partial charge < -0.3 is 9.80 Å². The van der Waals surface area contributed by atoms with Crippen molar-refractivity contribution in [3.8, 4) is 0 Å². The van der Waals surface area contributed by atoms with E-state index in [1.807, 2.05) is 0 Å². The molecule has 1 heterocycles. The molecule has 0 bridgehead atoms. The Morgan fingerprint density at radius 1 is 1.18 bits per heavy atom. The highest BCUT2D eigenvalue weighted by Gasteiger charge is 2.34. The van der Waals surface area contributed by atoms with Crippen LogP contribution < -0.4 is 10.6 Å². The lowest BCUT2D eigenvalue weighted by molar-refractivity contribution is 0.126. The zero-order chi connectivity index (χ0) is 16.5. The van der Waals surface area contributed by atoms with Crippen molar-refractivity contribution in [2.75, 3.05) is 59.9 Å². The maximum Gasteiger partial charge on any atom is 0.115 e. The van der Waals surface area contributed by atoms with E-state index in [4.69, 9.17) is 23.2 Å². The van der Waals surface area contributed by atoms with Gasteiger partial charge in [0.1, 0.15) is 5.50 Å². The molecule has 0 radical (unpaired) electrons. The summed E-state index contributed by atoms with van der Waals surface area (Å²) in [5.74, 6) is 0. The van der Waals surface area contributed by atoms with Gasteiger partial charge in [0.15, 0.2) is 0 Å². The van der Waals surface area contributed by atoms with Crippen LogP contribution in [0.15, 0.2) is 0 Å². The predicted molar refractivity (Wildman–Crippen MR) is 96.7 cm³/mol. The second-order valence-corrected chi connectivity index (χ2v) is 7.02. The lowest BCUT2D eigenvalue weighted by atomic mass is 10.2. The highest BCUT2D eigenvalue weighted by Crippen LogP contribution is 2.20. The van der Waals surface area contributed by atoms with E-state index in [1.165, 1.54) is 0 Å². The quantitative estimate of drug-likeness (QED) is 0.456. The largest absolute Gasteiger partial charge is 0.308 e. The zero-order valence-corrected chi connectivity index (χ0v) is 16.0. The molecule has 1 aliphatic rings. The average Bonchev–Trinajstić information content (AvgIpc) is 2.48. The van der Waals surface area contributed by atoms with Crippen molar-refractivity contribution < 1.29 is 0 Å². The first kappa shape index (κ1) is 20.4. The maximum atomic E-state index is 6.63. The lowest BCUT2D eigenvalue weighted by Crippen LogP contribution is -2.64. The third kappa shape index (κ3) is 6.87. The Balaban J connectivity index is 2.39. The first-order valence-electron chi connectivity index (χ1n) is 8.37. The summed E-state index contributed by atoms with van der Waals surface area (Å²) in [5, 5.41) is 6.88. The monoisotopic (exact) mass is 353 g/mol. The summed E-state index contributed by atoms with van der Waals surface area (Å²) in [6, 6.07) is 0. The SMILES string of the molecule is CCN(CC)CCCN1C(Cl)CNC(NCCN(C)C)C1Cl. The van der Waals surface area contributed by atoms with Crippen molar-refractivity contribution in [3.63, 3.8) is 0 Å². The van der Waals surface area contributed by atoms with Crippen LogP contribution >= 0.6 is 23.2 Å². The van der Waals surface area contributed by atoms with Gasteiger partial charge in [0, 0.05) is 26.2 Å². The van der Waals surface area contributed by atoms with Crippen LogP contribution in [0.3, 0.4) is 0 Å². The van der Waals surface area contributed by atoms with E-state index in [-0.39, 0.29) is 17.2 Å². The van der Waals surface area contributed by atoms with E-state index in [0.29, 0.717) is 0 Å². The average molecular weight is 354 g/mol. The number of likely N-dealkylation sites (N-methyl/N-ethyl adjacent to an activating group) is 1. The third-order valence-corrected chi connectivity index (χ3v) is 5.07. The standard InChI is InChI=1S/C15H33Cl2N5/c1-5-21(6-2)9-7-10-22-13(16)12-19-15(14(22)17)18-8-11-20(3)4/h13-15,18-19H,5-12H2,1-4H3. The Labute approximate surface area is 146 Å². The molecular weight excluding hydrogens is 321 g/mol. The molecule has 3 atom stereocenters. The number of halogens is 2. The van der Waals surface area contributed by atoms with Gasteiger partial charge in [0.2, 0.25) is 0 Å². The van der Waals surface area contributed by atoms with Crippen molar-refractivity contribution >= 4 is 23.2 Å². The summed E-state index contributed by atoms with van der Waals surface area (Å²) in [4.78, 5) is 6.79. The zero-order valence-electron chi connectivity index (χ0n) is 14.5. The lowest BCUT2D eigenvalue weighted by Gasteiger charge is -2.42. The van der Waals surface area contributed by atoms with Crippen LogP contribution in [0.25, 0.3) is 0 Å². The van der Waals surface area contributed by atoms with Crippen molar-refractivity contribution in [1.82, 2.24) is 25.3 Å². The fourth-order valence-electron chi connectivity index (χ4n) is 2.68. The first-order valence-corrected chi connectivity index (χ1v) is 9.24. The Kier molecular flexibility index (Phi) is 10.2. The molecule has 0 aliphatic carbocycles. The van der Waals surface area contributed by atoms with E-state index in [2.05, 4.69) is 53.3 Å². The summed E-state index contributed by atoms with van der Waals surface area (Å²) < 4.78 is 0. The topological polar surface area (TPSA) is 33.8 Å². The predicted octanol–water partition coefficient (Wildman–Crippen LogP) is 1.23. The van der Waals surface area contributed by atoms with E-state index in [1.54, 1.807) is 0 Å². The van der Waals surface area contributed by atoms with E-state index in [9.17, 15) is 0 Å². The van der Waals surface area contributed by atoms with Crippen molar-refractivity contribution in [3.05, 3.63) is 0 Å². The van der Waals surface area contributed by atoms with Crippen LogP contribution in [0.1, 0.15) is 20.3 Å². The Hall–Kier alpha value is 0.380. The summed E-state index contributed by atoms with van der Waals surface area (Å²) in [7, 11) is 4.14. The molecule has 1 fully saturated rings. The normalized spacial score (nSPS) is 27.0. The summed E-state index contributed by atoms with van der Waals surface area (Å²) >= 11 is 13.1. The minimum Gasteiger partial charge on any atom is -0.308 e. The molecule has 1 rings (SSSR count). The highest BCUT2D eigenvalue weighted by molar-refractivity contribution is 6.23. The molecule has 132 valence electrons. The van der Waals surface area contributed by atoms with E-state index < -0.39 is 0 Å². The number of hydrogen-bond donors (Lipinski definition) is 2. The summed E-state index contributed by atoms with van der Waals surface area (Å²) in [5.41, 5.74) is -0.152. The van der Waals surface area contributed by atoms with Gasteiger partial charge in [-0.05, 0) is 40.2 Å². The van der Waals surface area contributed by atoms with Gasteiger partial charge in [-0.3, -0.25) is 15.5 Å². The van der Waals surface area contributed by atoms with Gasteiger partial charge in [-0.25, -0.2) is 0 Å². The number of rotatable bonds is 10. The molecule has 0 saturated carbocycles. The Morgan fingerprint density at radius 2 is 1.86 bits per heavy atom. The van der Waals surface area contributed by atoms with Crippen LogP contribution in [0.2, 0.25) is 0 Å². The number of nitrogens with zero attached hydrogens (tertiary/aromatic N) is 3. The highest BCUT2D eigenvalue weighted by atomic mass is 35.5. The first-order chi connectivity index (χ1) is 10.5. The van der Waals surface area contributed by atoms with Crippen LogP contribution in [-0.4, -0.2) is 91.8 Å². The van der Waals surface area contributed by atoms with Gasteiger partial charge in [0.05, 0.1) is 11.7 Å². The molecule has 0 aromatic carbocycles. The number of nitrogens with one attached hydrogen (secondary N) is 2.